The number of allylic oxidation sites excluding steroid dienone is 1. The number of carbonyl (C=O) groups excluding carboxylic acids is 1. The zero-order valence-electron chi connectivity index (χ0n) is 20.3. The highest BCUT2D eigenvalue weighted by Gasteiger charge is 2.36. The molecule has 2 aliphatic heterocycles. The number of dihydropyridines is 1. The molecule has 1 atom stereocenters. The van der Waals surface area contributed by atoms with Crippen LogP contribution in [0.4, 0.5) is 4.79 Å². The van der Waals surface area contributed by atoms with Gasteiger partial charge in [0.15, 0.2) is 0 Å². The number of aliphatic hydroxyl groups is 1. The number of hydrogen-bond donors (Lipinski definition) is 2. The predicted octanol–water partition coefficient (Wildman–Crippen LogP) is 3.68. The second kappa shape index (κ2) is 10.6. The lowest BCUT2D eigenvalue weighted by atomic mass is 9.91. The Morgan fingerprint density at radius 3 is 2.74 bits per heavy atom. The number of halogens is 1. The number of hydrogen-bond acceptors (Lipinski definition) is 6. The number of carbonyl (C=O) groups is 1. The number of fused-ring (bicyclic) bond motifs is 2. The highest BCUT2D eigenvalue weighted by molar-refractivity contribution is 6.30. The number of benzene rings is 1. The summed E-state index contributed by atoms with van der Waals surface area (Å²) in [5.41, 5.74) is 5.15. The summed E-state index contributed by atoms with van der Waals surface area (Å²) in [6, 6.07) is 6.08. The van der Waals surface area contributed by atoms with Crippen molar-refractivity contribution in [3.8, 4) is 0 Å². The molecule has 1 aliphatic carbocycles. The van der Waals surface area contributed by atoms with Crippen LogP contribution in [0.25, 0.3) is 5.57 Å². The number of nitrogens with one attached hydrogen (secondary N) is 1. The molecule has 1 aromatic carbocycles. The Bertz CT molecular complexity index is 1000. The van der Waals surface area contributed by atoms with E-state index in [9.17, 15) is 9.90 Å². The van der Waals surface area contributed by atoms with E-state index in [2.05, 4.69) is 28.4 Å². The van der Waals surface area contributed by atoms with E-state index < -0.39 is 5.60 Å². The Hall–Kier alpha value is -2.19. The number of aliphatic hydroxyl groups excluding tert-OH is 1. The molecule has 1 aromatic rings. The molecule has 0 bridgehead atoms. The van der Waals surface area contributed by atoms with Crippen LogP contribution in [-0.4, -0.2) is 84.7 Å². The van der Waals surface area contributed by atoms with E-state index >= 15 is 0 Å². The second-order valence-electron chi connectivity index (χ2n) is 9.92. The van der Waals surface area contributed by atoms with Crippen molar-refractivity contribution in [2.75, 3.05) is 52.4 Å². The summed E-state index contributed by atoms with van der Waals surface area (Å²) in [5, 5.41) is 13.3. The summed E-state index contributed by atoms with van der Waals surface area (Å²) in [4.78, 5) is 21.8. The highest BCUT2D eigenvalue weighted by Crippen LogP contribution is 2.39. The summed E-state index contributed by atoms with van der Waals surface area (Å²) in [5.74, 6) is 0. The van der Waals surface area contributed by atoms with Crippen LogP contribution in [0.2, 0.25) is 5.02 Å². The van der Waals surface area contributed by atoms with Gasteiger partial charge in [0.05, 0.1) is 18.4 Å². The van der Waals surface area contributed by atoms with Gasteiger partial charge in [-0.2, -0.15) is 0 Å². The zero-order chi connectivity index (χ0) is 24.3. The van der Waals surface area contributed by atoms with Gasteiger partial charge in [0, 0.05) is 50.8 Å². The monoisotopic (exact) mass is 486 g/mol. The lowest BCUT2D eigenvalue weighted by Gasteiger charge is -2.40. The maximum absolute atomic E-state index is 12.6. The molecule has 0 spiro atoms. The van der Waals surface area contributed by atoms with Gasteiger partial charge in [0.25, 0.3) is 0 Å². The molecule has 0 radical (unpaired) electrons. The average molecular weight is 487 g/mol. The first kappa shape index (κ1) is 24.9. The van der Waals surface area contributed by atoms with E-state index in [0.29, 0.717) is 31.2 Å². The topological polar surface area (TPSA) is 77.4 Å². The molecule has 0 saturated carbocycles. The Balaban J connectivity index is 1.63. The molecular weight excluding hydrogens is 452 g/mol. The van der Waals surface area contributed by atoms with E-state index in [1.54, 1.807) is 4.90 Å². The lowest BCUT2D eigenvalue weighted by Crippen LogP contribution is -2.52. The second-order valence-corrected chi connectivity index (χ2v) is 10.4. The summed E-state index contributed by atoms with van der Waals surface area (Å²) < 4.78 is 5.58. The van der Waals surface area contributed by atoms with Crippen LogP contribution in [0.3, 0.4) is 0 Å². The van der Waals surface area contributed by atoms with Crippen LogP contribution in [0.5, 0.6) is 0 Å². The van der Waals surface area contributed by atoms with Gasteiger partial charge in [-0.3, -0.25) is 9.89 Å². The van der Waals surface area contributed by atoms with E-state index in [-0.39, 0.29) is 18.7 Å². The zero-order valence-corrected chi connectivity index (χ0v) is 21.1. The average Bonchev–Trinajstić information content (AvgIpc) is 2.92. The number of aliphatic imine (C=N–C) groups is 1. The highest BCUT2D eigenvalue weighted by atomic mass is 35.5. The van der Waals surface area contributed by atoms with E-state index in [4.69, 9.17) is 21.3 Å². The van der Waals surface area contributed by atoms with Crippen molar-refractivity contribution in [3.05, 3.63) is 52.1 Å². The number of piperazine rings is 1. The summed E-state index contributed by atoms with van der Waals surface area (Å²) in [7, 11) is 0. The molecule has 7 nitrogen and oxygen atoms in total. The van der Waals surface area contributed by atoms with Gasteiger partial charge in [-0.15, -0.1) is 0 Å². The number of rotatable bonds is 5. The molecule has 184 valence electrons. The van der Waals surface area contributed by atoms with Gasteiger partial charge in [0.2, 0.25) is 0 Å². The van der Waals surface area contributed by atoms with E-state index in [1.165, 1.54) is 5.56 Å². The van der Waals surface area contributed by atoms with Crippen molar-refractivity contribution in [2.24, 2.45) is 4.99 Å². The van der Waals surface area contributed by atoms with E-state index in [0.717, 1.165) is 48.5 Å². The van der Waals surface area contributed by atoms with Gasteiger partial charge < -0.3 is 20.1 Å². The van der Waals surface area contributed by atoms with Gasteiger partial charge in [-0.25, -0.2) is 4.79 Å². The fourth-order valence-electron chi connectivity index (χ4n) is 4.74. The number of ether oxygens (including phenoxy) is 1. The van der Waals surface area contributed by atoms with Crippen LogP contribution in [-0.2, 0) is 4.74 Å². The van der Waals surface area contributed by atoms with Gasteiger partial charge in [-0.05, 0) is 67.7 Å². The first-order valence-corrected chi connectivity index (χ1v) is 12.4. The first-order chi connectivity index (χ1) is 16.3. The molecule has 1 saturated heterocycles. The minimum absolute atomic E-state index is 0.00815. The third-order valence-corrected chi connectivity index (χ3v) is 6.49. The predicted molar refractivity (Wildman–Crippen MR) is 137 cm³/mol. The van der Waals surface area contributed by atoms with Crippen molar-refractivity contribution in [2.45, 2.75) is 38.8 Å². The quantitative estimate of drug-likeness (QED) is 0.621. The first-order valence-electron chi connectivity index (χ1n) is 12.1. The Kier molecular flexibility index (Phi) is 7.77. The standard InChI is InChI=1S/C26H35ClN4O3/c1-26(2,3)34-25(33)31-12-10-30(11-13-31)24-21-7-6-20(27)16-22(21)19(17-28-9-14-32)15-18-5-4-8-29-23(18)24/h5-7,15-16,24,28,32H,4,8-14,17H2,1-3H3. The molecule has 0 aromatic heterocycles. The molecule has 2 heterocycles. The minimum Gasteiger partial charge on any atom is -0.444 e. The fraction of sp³-hybridized carbons (Fsp3) is 0.538. The van der Waals surface area contributed by atoms with Crippen molar-refractivity contribution in [1.82, 2.24) is 15.1 Å². The molecule has 3 aliphatic rings. The van der Waals surface area contributed by atoms with Crippen LogP contribution in [0.1, 0.15) is 44.4 Å². The molecule has 1 fully saturated rings. The SMILES string of the molecule is CC(C)(C)OC(=O)N1CCN(C2C3=NCCC=C3C=C(CNCCO)c3cc(Cl)ccc32)CC1. The maximum atomic E-state index is 12.6. The molecule has 8 heteroatoms. The lowest BCUT2D eigenvalue weighted by molar-refractivity contribution is 0.0129. The Morgan fingerprint density at radius 2 is 2.03 bits per heavy atom. The number of amides is 1. The maximum Gasteiger partial charge on any atom is 0.410 e. The molecule has 1 unspecified atom stereocenters. The van der Waals surface area contributed by atoms with Crippen molar-refractivity contribution in [3.63, 3.8) is 0 Å². The summed E-state index contributed by atoms with van der Waals surface area (Å²) >= 11 is 6.45. The van der Waals surface area contributed by atoms with Crippen LogP contribution >= 0.6 is 11.6 Å². The fourth-order valence-corrected chi connectivity index (χ4v) is 4.92. The van der Waals surface area contributed by atoms with Crippen molar-refractivity contribution in [1.29, 1.82) is 0 Å². The van der Waals surface area contributed by atoms with Crippen LogP contribution < -0.4 is 5.32 Å². The van der Waals surface area contributed by atoms with E-state index in [1.807, 2.05) is 32.9 Å². The smallest absolute Gasteiger partial charge is 0.410 e. The Labute approximate surface area is 207 Å². The minimum atomic E-state index is -0.504. The molecule has 34 heavy (non-hydrogen) atoms. The van der Waals surface area contributed by atoms with Crippen LogP contribution in [0.15, 0.2) is 40.9 Å². The number of nitrogens with zero attached hydrogens (tertiary/aromatic N) is 3. The summed E-state index contributed by atoms with van der Waals surface area (Å²) in [6.07, 6.45) is 5.15. The molecule has 2 N–H and O–H groups in total. The molecule has 4 rings (SSSR count). The largest absolute Gasteiger partial charge is 0.444 e. The van der Waals surface area contributed by atoms with Gasteiger partial charge >= 0.3 is 6.09 Å². The normalized spacial score (nSPS) is 21.0. The molecular formula is C26H35ClN4O3. The van der Waals surface area contributed by atoms with Crippen molar-refractivity contribution < 1.29 is 14.6 Å². The summed E-state index contributed by atoms with van der Waals surface area (Å²) in [6.45, 7) is 10.4. The van der Waals surface area contributed by atoms with Gasteiger partial charge in [-0.1, -0.05) is 23.7 Å². The molecule has 1 amide bonds. The third-order valence-electron chi connectivity index (χ3n) is 6.25. The Morgan fingerprint density at radius 1 is 1.26 bits per heavy atom. The third kappa shape index (κ3) is 5.71. The van der Waals surface area contributed by atoms with Crippen LogP contribution in [0, 0.1) is 0 Å². The van der Waals surface area contributed by atoms with Gasteiger partial charge in [0.1, 0.15) is 5.60 Å². The van der Waals surface area contributed by atoms with Crippen molar-refractivity contribution >= 4 is 29.0 Å².